The first-order chi connectivity index (χ1) is 28.3. The first-order valence-corrected chi connectivity index (χ1v) is 22.9. The number of nitrogens with zero attached hydrogens (tertiary/aromatic N) is 2. The van der Waals surface area contributed by atoms with Gasteiger partial charge in [0.25, 0.3) is 0 Å². The van der Waals surface area contributed by atoms with Crippen LogP contribution in [0.1, 0.15) is 96.0 Å². The van der Waals surface area contributed by atoms with E-state index in [0.717, 1.165) is 57.1 Å². The molecule has 4 fully saturated rings. The maximum Gasteiger partial charge on any atom is 0.408 e. The molecule has 17 heteroatoms. The smallest absolute Gasteiger partial charge is 0.408 e. The molecule has 3 N–H and O–H groups in total. The molecule has 320 valence electrons. The normalized spacial score (nSPS) is 26.4. The van der Waals surface area contributed by atoms with Gasteiger partial charge in [0.1, 0.15) is 63.2 Å². The van der Waals surface area contributed by atoms with E-state index in [1.54, 1.807) is 25.1 Å². The molecule has 59 heavy (non-hydrogen) atoms. The number of hydrogen-bond donors (Lipinski definition) is 3. The number of rotatable bonds is 10. The molecule has 2 aromatic carbocycles. The Balaban J connectivity index is 1.22. The average molecular weight is 861 g/mol. The maximum absolute atomic E-state index is 14.9. The topological polar surface area (TPSA) is 166 Å². The highest BCUT2D eigenvalue weighted by Crippen LogP contribution is 2.71. The molecule has 4 aliphatic rings. The van der Waals surface area contributed by atoms with Gasteiger partial charge in [0, 0.05) is 23.4 Å². The Morgan fingerprint density at radius 1 is 1.02 bits per heavy atom. The van der Waals surface area contributed by atoms with E-state index in [1.165, 1.54) is 18.1 Å². The molecule has 2 aliphatic heterocycles. The van der Waals surface area contributed by atoms with Crippen LogP contribution in [0.5, 0.6) is 17.4 Å². The van der Waals surface area contributed by atoms with Crippen molar-refractivity contribution in [2.24, 2.45) is 5.92 Å². The van der Waals surface area contributed by atoms with Crippen LogP contribution < -0.4 is 24.8 Å². The van der Waals surface area contributed by atoms with E-state index < -0.39 is 78.0 Å². The van der Waals surface area contributed by atoms with Crippen LogP contribution in [0, 0.1) is 17.6 Å². The van der Waals surface area contributed by atoms with Gasteiger partial charge in [0.15, 0.2) is 0 Å². The Kier molecular flexibility index (Phi) is 13.2. The fraction of sp³-hybridized carbons (Fsp3) is 0.571. The molecule has 1 aromatic heterocycles. The Bertz CT molecular complexity index is 2090. The number of carbonyl (C=O) groups excluding carboxylic acids is 3. The van der Waals surface area contributed by atoms with Crippen molar-refractivity contribution in [3.05, 3.63) is 58.6 Å². The number of amides is 3. The summed E-state index contributed by atoms with van der Waals surface area (Å²) in [5, 5.41) is 4.76. The molecule has 3 heterocycles. The van der Waals surface area contributed by atoms with Crippen molar-refractivity contribution < 1.29 is 51.6 Å². The fourth-order valence-corrected chi connectivity index (χ4v) is 11.7. The SMILES string of the molecule is CCOc1cc(OC2C[C@H]3C(=O)N[C@]4(P(=O)(O)Cc5c(F)cccc5F)C[C@@H]4CCCCCCC[C@H](NC(=O)OC4CCCC4)C(=O)N3C2)c2ccc(OC)c(Cl)c2n1. The van der Waals surface area contributed by atoms with Gasteiger partial charge in [0.2, 0.25) is 25.1 Å². The molecule has 13 nitrogen and oxygen atoms in total. The first-order valence-electron chi connectivity index (χ1n) is 20.6. The van der Waals surface area contributed by atoms with E-state index in [1.807, 2.05) is 0 Å². The fourth-order valence-electron chi connectivity index (χ4n) is 8.94. The van der Waals surface area contributed by atoms with Gasteiger partial charge in [0.05, 0.1) is 26.4 Å². The van der Waals surface area contributed by atoms with Crippen molar-refractivity contribution in [1.82, 2.24) is 20.5 Å². The van der Waals surface area contributed by atoms with Gasteiger partial charge in [-0.25, -0.2) is 18.6 Å². The molecule has 2 saturated heterocycles. The summed E-state index contributed by atoms with van der Waals surface area (Å²) in [5.74, 6) is -2.64. The number of benzene rings is 2. The first kappa shape index (κ1) is 42.9. The predicted molar refractivity (Wildman–Crippen MR) is 216 cm³/mol. The van der Waals surface area contributed by atoms with Crippen molar-refractivity contribution in [3.8, 4) is 17.4 Å². The maximum atomic E-state index is 14.9. The molecule has 3 amide bonds. The molecular weight excluding hydrogens is 809 g/mol. The summed E-state index contributed by atoms with van der Waals surface area (Å²) in [6.07, 6.45) is 5.45. The van der Waals surface area contributed by atoms with Crippen LogP contribution >= 0.6 is 19.0 Å². The van der Waals surface area contributed by atoms with Gasteiger partial charge in [-0.05, 0) is 82.1 Å². The minimum atomic E-state index is -4.53. The van der Waals surface area contributed by atoms with Gasteiger partial charge in [-0.3, -0.25) is 14.2 Å². The Morgan fingerprint density at radius 2 is 1.71 bits per heavy atom. The van der Waals surface area contributed by atoms with Crippen LogP contribution in [0.2, 0.25) is 5.02 Å². The van der Waals surface area contributed by atoms with E-state index in [-0.39, 0.29) is 36.4 Å². The lowest BCUT2D eigenvalue weighted by Gasteiger charge is -2.31. The number of methoxy groups -OCH3 is 1. The number of nitrogens with one attached hydrogen (secondary N) is 2. The molecule has 0 bridgehead atoms. The Morgan fingerprint density at radius 3 is 2.42 bits per heavy atom. The third kappa shape index (κ3) is 9.27. The monoisotopic (exact) mass is 860 g/mol. The van der Waals surface area contributed by atoms with E-state index in [0.29, 0.717) is 54.7 Å². The third-order valence-electron chi connectivity index (χ3n) is 12.2. The highest BCUT2D eigenvalue weighted by Gasteiger charge is 2.66. The Labute approximate surface area is 347 Å². The molecule has 2 aliphatic carbocycles. The van der Waals surface area contributed by atoms with E-state index >= 15 is 0 Å². The van der Waals surface area contributed by atoms with Gasteiger partial charge >= 0.3 is 6.09 Å². The van der Waals surface area contributed by atoms with Crippen molar-refractivity contribution in [3.63, 3.8) is 0 Å². The van der Waals surface area contributed by atoms with Crippen LogP contribution in [0.15, 0.2) is 36.4 Å². The van der Waals surface area contributed by atoms with Crippen molar-refractivity contribution in [1.29, 1.82) is 0 Å². The number of alkyl carbamates (subject to hydrolysis) is 1. The molecule has 2 saturated carbocycles. The van der Waals surface area contributed by atoms with E-state index in [2.05, 4.69) is 15.6 Å². The summed E-state index contributed by atoms with van der Waals surface area (Å²) < 4.78 is 67.6. The number of pyridine rings is 1. The summed E-state index contributed by atoms with van der Waals surface area (Å²) in [5.41, 5.74) is -0.174. The van der Waals surface area contributed by atoms with Gasteiger partial charge in [-0.1, -0.05) is 49.8 Å². The second-order valence-electron chi connectivity index (χ2n) is 16.1. The largest absolute Gasteiger partial charge is 0.495 e. The van der Waals surface area contributed by atoms with Crippen LogP contribution in [-0.4, -0.2) is 82.5 Å². The number of halogens is 3. The summed E-state index contributed by atoms with van der Waals surface area (Å²) in [4.78, 5) is 60.2. The Hall–Kier alpha value is -4.20. The van der Waals surface area contributed by atoms with Crippen LogP contribution in [-0.2, 0) is 25.1 Å². The van der Waals surface area contributed by atoms with E-state index in [4.69, 9.17) is 30.5 Å². The molecule has 2 unspecified atom stereocenters. The quantitative estimate of drug-likeness (QED) is 0.170. The summed E-state index contributed by atoms with van der Waals surface area (Å²) >= 11 is 6.68. The number of hydrogen-bond acceptors (Lipinski definition) is 9. The minimum absolute atomic E-state index is 0.0348. The van der Waals surface area contributed by atoms with E-state index in [9.17, 15) is 32.6 Å². The van der Waals surface area contributed by atoms with Gasteiger partial charge in [-0.15, -0.1) is 0 Å². The lowest BCUT2D eigenvalue weighted by atomic mass is 10.0. The lowest BCUT2D eigenvalue weighted by Crippen LogP contribution is -2.55. The predicted octanol–water partition coefficient (Wildman–Crippen LogP) is 8.01. The number of fused-ring (bicyclic) bond motifs is 3. The van der Waals surface area contributed by atoms with Crippen LogP contribution in [0.3, 0.4) is 0 Å². The van der Waals surface area contributed by atoms with Gasteiger partial charge < -0.3 is 39.4 Å². The third-order valence-corrected chi connectivity index (χ3v) is 15.2. The van der Waals surface area contributed by atoms with Gasteiger partial charge in [-0.2, -0.15) is 0 Å². The van der Waals surface area contributed by atoms with Crippen molar-refractivity contribution >= 4 is 47.8 Å². The van der Waals surface area contributed by atoms with Crippen molar-refractivity contribution in [2.75, 3.05) is 20.3 Å². The second kappa shape index (κ2) is 18.2. The molecule has 3 aromatic rings. The number of carbonyl (C=O) groups is 3. The second-order valence-corrected chi connectivity index (χ2v) is 19.0. The number of aromatic nitrogens is 1. The standard InChI is InChI=1S/C42H52ClF2N4O9P/c1-3-56-36-21-35(28-18-19-34(55-2)37(43)38(28)47-36)57-27-20-33-39(50)48-42(59(53,54)24-29-30(44)15-11-16-31(29)45)22-25(42)12-7-5-4-6-8-17-32(40(51)49(33)23-27)46-41(52)58-26-13-9-10-14-26/h11,15-16,18-19,21,25-27,32-33H,3-10,12-14,17,20,22-24H2,1-2H3,(H,46,52)(H,48,50)(H,53,54)/t25-,27?,32-,33-,42-/m0/s1. The minimum Gasteiger partial charge on any atom is -0.495 e. The average Bonchev–Trinajstić information content (AvgIpc) is 3.47. The molecular formula is C42H52ClF2N4O9P. The van der Waals surface area contributed by atoms with Crippen LogP contribution in [0.4, 0.5) is 13.6 Å². The molecule has 6 atom stereocenters. The molecule has 0 radical (unpaired) electrons. The highest BCUT2D eigenvalue weighted by molar-refractivity contribution is 7.59. The highest BCUT2D eigenvalue weighted by atomic mass is 35.5. The molecule has 7 rings (SSSR count). The zero-order valence-corrected chi connectivity index (χ0v) is 35.0. The summed E-state index contributed by atoms with van der Waals surface area (Å²) in [6.45, 7) is 2.01. The molecule has 0 spiro atoms. The number of ether oxygens (including phenoxy) is 4. The summed E-state index contributed by atoms with van der Waals surface area (Å²) in [7, 11) is -3.05. The van der Waals surface area contributed by atoms with Crippen LogP contribution in [0.25, 0.3) is 10.9 Å². The zero-order valence-electron chi connectivity index (χ0n) is 33.4. The van der Waals surface area contributed by atoms with Crippen molar-refractivity contribution in [2.45, 2.75) is 126 Å². The lowest BCUT2D eigenvalue weighted by molar-refractivity contribution is -0.140. The summed E-state index contributed by atoms with van der Waals surface area (Å²) in [6, 6.07) is 5.99. The zero-order chi connectivity index (χ0) is 41.9.